The van der Waals surface area contributed by atoms with Gasteiger partial charge in [-0.25, -0.2) is 0 Å². The molecule has 0 N–H and O–H groups in total. The highest BCUT2D eigenvalue weighted by atomic mass is 16.5. The van der Waals surface area contributed by atoms with Crippen LogP contribution in [0, 0.1) is 0 Å². The summed E-state index contributed by atoms with van der Waals surface area (Å²) in [6, 6.07) is 17.7. The molecule has 2 aliphatic rings. The van der Waals surface area contributed by atoms with Crippen LogP contribution in [-0.4, -0.2) is 55.8 Å². The molecule has 0 aliphatic carbocycles. The molecular weight excluding hydrogens is 398 g/mol. The van der Waals surface area contributed by atoms with Crippen molar-refractivity contribution in [1.82, 2.24) is 14.4 Å². The highest BCUT2D eigenvalue weighted by molar-refractivity contribution is 5.53. The first-order valence-electron chi connectivity index (χ1n) is 11.4. The lowest BCUT2D eigenvalue weighted by Gasteiger charge is -2.38. The van der Waals surface area contributed by atoms with Crippen molar-refractivity contribution in [2.75, 3.05) is 41.4 Å². The molecule has 3 heterocycles. The highest BCUT2D eigenvalue weighted by Crippen LogP contribution is 2.46. The molecule has 168 valence electrons. The Hall–Kier alpha value is -2.76. The van der Waals surface area contributed by atoms with Crippen molar-refractivity contribution in [3.8, 4) is 11.5 Å². The van der Waals surface area contributed by atoms with Gasteiger partial charge in [0, 0.05) is 55.5 Å². The summed E-state index contributed by atoms with van der Waals surface area (Å²) in [5.41, 5.74) is 8.61. The van der Waals surface area contributed by atoms with E-state index in [1.54, 1.807) is 14.2 Å². The molecule has 5 heteroatoms. The van der Waals surface area contributed by atoms with E-state index >= 15 is 0 Å². The standard InChI is InChI=1S/C27H33N3O2/c1-28-16-14-22-24(26(28)18-6-10-20(31-4)11-7-18)25-23(30(22)3)15-17-29(2)27(25)19-8-12-21(32-5)13-9-19/h6-13,26-27H,14-17H2,1-5H3/t26-,27-/m0/s1. The van der Waals surface area contributed by atoms with Gasteiger partial charge < -0.3 is 14.0 Å². The molecule has 0 saturated heterocycles. The van der Waals surface area contributed by atoms with Crippen molar-refractivity contribution in [3.05, 3.63) is 82.2 Å². The van der Waals surface area contributed by atoms with Crippen LogP contribution in [-0.2, 0) is 19.9 Å². The van der Waals surface area contributed by atoms with Gasteiger partial charge in [0.2, 0.25) is 0 Å². The first-order chi connectivity index (χ1) is 15.5. The maximum atomic E-state index is 5.42. The number of likely N-dealkylation sites (N-methyl/N-ethyl adjacent to an activating group) is 2. The van der Waals surface area contributed by atoms with Crippen molar-refractivity contribution >= 4 is 0 Å². The summed E-state index contributed by atoms with van der Waals surface area (Å²) >= 11 is 0. The van der Waals surface area contributed by atoms with Crippen LogP contribution in [0.2, 0.25) is 0 Å². The van der Waals surface area contributed by atoms with Gasteiger partial charge in [0.1, 0.15) is 11.5 Å². The molecule has 5 rings (SSSR count). The van der Waals surface area contributed by atoms with Gasteiger partial charge in [-0.2, -0.15) is 0 Å². The van der Waals surface area contributed by atoms with Gasteiger partial charge >= 0.3 is 0 Å². The molecule has 3 aromatic rings. The Kier molecular flexibility index (Phi) is 5.48. The fourth-order valence-corrected chi connectivity index (χ4v) is 5.73. The van der Waals surface area contributed by atoms with E-state index < -0.39 is 0 Å². The molecule has 0 amide bonds. The van der Waals surface area contributed by atoms with E-state index in [1.807, 2.05) is 0 Å². The molecular formula is C27H33N3O2. The van der Waals surface area contributed by atoms with E-state index in [-0.39, 0.29) is 12.1 Å². The summed E-state index contributed by atoms with van der Waals surface area (Å²) in [6.45, 7) is 2.12. The average molecular weight is 432 g/mol. The van der Waals surface area contributed by atoms with Gasteiger partial charge in [0.15, 0.2) is 0 Å². The first-order valence-corrected chi connectivity index (χ1v) is 11.4. The molecule has 0 radical (unpaired) electrons. The number of hydrogen-bond donors (Lipinski definition) is 0. The van der Waals surface area contributed by atoms with Crippen LogP contribution < -0.4 is 9.47 Å². The third-order valence-electron chi connectivity index (χ3n) is 7.42. The van der Waals surface area contributed by atoms with E-state index in [9.17, 15) is 0 Å². The van der Waals surface area contributed by atoms with E-state index in [4.69, 9.17) is 9.47 Å². The van der Waals surface area contributed by atoms with Crippen LogP contribution in [0.5, 0.6) is 11.5 Å². The average Bonchev–Trinajstić information content (AvgIpc) is 3.11. The maximum Gasteiger partial charge on any atom is 0.118 e. The zero-order chi connectivity index (χ0) is 22.4. The van der Waals surface area contributed by atoms with E-state index in [2.05, 4.69) is 84.0 Å². The second-order valence-corrected chi connectivity index (χ2v) is 9.09. The zero-order valence-electron chi connectivity index (χ0n) is 19.8. The quantitative estimate of drug-likeness (QED) is 0.619. The fourth-order valence-electron chi connectivity index (χ4n) is 5.73. The number of benzene rings is 2. The minimum absolute atomic E-state index is 0.242. The largest absolute Gasteiger partial charge is 0.497 e. The van der Waals surface area contributed by atoms with E-state index in [0.29, 0.717) is 0 Å². The maximum absolute atomic E-state index is 5.42. The Morgan fingerprint density at radius 2 is 1.00 bits per heavy atom. The number of fused-ring (bicyclic) bond motifs is 3. The topological polar surface area (TPSA) is 29.9 Å². The molecule has 2 atom stereocenters. The summed E-state index contributed by atoms with van der Waals surface area (Å²) in [5.74, 6) is 1.80. The Morgan fingerprint density at radius 1 is 0.625 bits per heavy atom. The van der Waals surface area contributed by atoms with Gasteiger partial charge in [-0.1, -0.05) is 24.3 Å². The van der Waals surface area contributed by atoms with Crippen LogP contribution in [0.1, 0.15) is 45.7 Å². The predicted octanol–water partition coefficient (Wildman–Crippen LogP) is 4.20. The van der Waals surface area contributed by atoms with Crippen LogP contribution in [0.4, 0.5) is 0 Å². The van der Waals surface area contributed by atoms with Gasteiger partial charge in [0.05, 0.1) is 26.3 Å². The highest BCUT2D eigenvalue weighted by Gasteiger charge is 2.39. The summed E-state index contributed by atoms with van der Waals surface area (Å²) in [4.78, 5) is 5.01. The van der Waals surface area contributed by atoms with Crippen LogP contribution in [0.15, 0.2) is 48.5 Å². The van der Waals surface area contributed by atoms with Crippen molar-refractivity contribution in [3.63, 3.8) is 0 Å². The Bertz CT molecular complexity index is 1010. The third kappa shape index (κ3) is 3.31. The van der Waals surface area contributed by atoms with Crippen molar-refractivity contribution in [2.45, 2.75) is 24.9 Å². The van der Waals surface area contributed by atoms with Crippen LogP contribution in [0.3, 0.4) is 0 Å². The predicted molar refractivity (Wildman–Crippen MR) is 128 cm³/mol. The zero-order valence-corrected chi connectivity index (χ0v) is 19.8. The number of hydrogen-bond acceptors (Lipinski definition) is 4. The summed E-state index contributed by atoms with van der Waals surface area (Å²) in [5, 5.41) is 0. The Balaban J connectivity index is 1.69. The van der Waals surface area contributed by atoms with E-state index in [1.165, 1.54) is 33.6 Å². The Labute approximate surface area is 191 Å². The van der Waals surface area contributed by atoms with E-state index in [0.717, 1.165) is 37.4 Å². The smallest absolute Gasteiger partial charge is 0.118 e. The van der Waals surface area contributed by atoms with Crippen molar-refractivity contribution < 1.29 is 9.47 Å². The minimum Gasteiger partial charge on any atom is -0.497 e. The van der Waals surface area contributed by atoms with Crippen LogP contribution >= 0.6 is 0 Å². The monoisotopic (exact) mass is 431 g/mol. The molecule has 2 aliphatic heterocycles. The molecule has 0 unspecified atom stereocenters. The lowest BCUT2D eigenvalue weighted by molar-refractivity contribution is 0.244. The van der Waals surface area contributed by atoms with Gasteiger partial charge in [-0.05, 0) is 49.5 Å². The Morgan fingerprint density at radius 3 is 1.34 bits per heavy atom. The molecule has 0 saturated carbocycles. The molecule has 5 nitrogen and oxygen atoms in total. The van der Waals surface area contributed by atoms with Gasteiger partial charge in [-0.3, -0.25) is 9.80 Å². The lowest BCUT2D eigenvalue weighted by Crippen LogP contribution is -2.36. The van der Waals surface area contributed by atoms with Gasteiger partial charge in [-0.15, -0.1) is 0 Å². The number of rotatable bonds is 4. The normalized spacial score (nSPS) is 21.2. The van der Waals surface area contributed by atoms with Gasteiger partial charge in [0.25, 0.3) is 0 Å². The number of nitrogens with zero attached hydrogens (tertiary/aromatic N) is 3. The molecule has 0 fully saturated rings. The minimum atomic E-state index is 0.242. The number of ether oxygens (including phenoxy) is 2. The SMILES string of the molecule is COc1ccc([C@H]2c3c4c(n(C)c3CCN2C)CCN(C)[C@H]4c2ccc(OC)cc2)cc1. The summed E-state index contributed by atoms with van der Waals surface area (Å²) < 4.78 is 13.3. The van der Waals surface area contributed by atoms with Crippen molar-refractivity contribution in [1.29, 1.82) is 0 Å². The molecule has 32 heavy (non-hydrogen) atoms. The van der Waals surface area contributed by atoms with Crippen LogP contribution in [0.25, 0.3) is 0 Å². The molecule has 0 bridgehead atoms. The second-order valence-electron chi connectivity index (χ2n) is 9.09. The summed E-state index contributed by atoms with van der Waals surface area (Å²) in [6.07, 6.45) is 2.17. The fraction of sp³-hybridized carbons (Fsp3) is 0.407. The lowest BCUT2D eigenvalue weighted by atomic mass is 9.83. The second kappa shape index (κ2) is 8.30. The summed E-state index contributed by atoms with van der Waals surface area (Å²) in [7, 11) is 10.2. The first kappa shape index (κ1) is 21.1. The molecule has 1 aromatic heterocycles. The number of aromatic nitrogens is 1. The third-order valence-corrected chi connectivity index (χ3v) is 7.42. The number of methoxy groups -OCH3 is 2. The molecule has 2 aromatic carbocycles. The van der Waals surface area contributed by atoms with Crippen molar-refractivity contribution in [2.24, 2.45) is 7.05 Å². The molecule has 0 spiro atoms.